The Labute approximate surface area is 124 Å². The van der Waals surface area contributed by atoms with E-state index < -0.39 is 23.3 Å². The molecule has 1 aliphatic carbocycles. The summed E-state index contributed by atoms with van der Waals surface area (Å²) in [4.78, 5) is 12.0. The number of nitrogens with one attached hydrogen (secondary N) is 1. The van der Waals surface area contributed by atoms with E-state index in [-0.39, 0.29) is 5.91 Å². The van der Waals surface area contributed by atoms with Crippen molar-refractivity contribution in [3.63, 3.8) is 0 Å². The molecule has 94 valence electrons. The molecule has 1 fully saturated rings. The summed E-state index contributed by atoms with van der Waals surface area (Å²) in [5.41, 5.74) is 1.08. The molecule has 4 heteroatoms. The van der Waals surface area contributed by atoms with Gasteiger partial charge in [0.05, 0.1) is 0 Å². The molecule has 2 unspecified atom stereocenters. The van der Waals surface area contributed by atoms with Crippen molar-refractivity contribution >= 4 is 14.2 Å². The number of rotatable bonds is 4. The van der Waals surface area contributed by atoms with Gasteiger partial charge in [0.15, 0.2) is 0 Å². The second-order valence-corrected chi connectivity index (χ2v) is 13.0. The van der Waals surface area contributed by atoms with E-state index in [2.05, 4.69) is 5.32 Å². The molecule has 0 bridgehead atoms. The standard InChI is InChI=1S/C14H18NO.ClH.Hg/c16-14(11-12-7-3-1-4-8-12)15-13-9-5-2-6-10-13;;/h1,3-4,7-9,13H,2,5-6,10-11H2,(H,15,16);1H;/q;;+1/p-1. The zero-order valence-electron chi connectivity index (χ0n) is 10.6. The van der Waals surface area contributed by atoms with E-state index in [4.69, 9.17) is 8.25 Å². The normalized spacial score (nSPS) is 23.2. The predicted octanol–water partition coefficient (Wildman–Crippen LogP) is 3.31. The van der Waals surface area contributed by atoms with Crippen LogP contribution in [0.2, 0.25) is 3.43 Å². The molecular formula is C14H18ClHgNO. The van der Waals surface area contributed by atoms with Gasteiger partial charge in [-0.3, -0.25) is 0 Å². The first-order chi connectivity index (χ1) is 8.79. The fourth-order valence-electron chi connectivity index (χ4n) is 2.62. The van der Waals surface area contributed by atoms with Crippen molar-refractivity contribution in [2.45, 2.75) is 41.6 Å². The topological polar surface area (TPSA) is 29.1 Å². The first-order valence-electron chi connectivity index (χ1n) is 6.69. The third-order valence-corrected chi connectivity index (χ3v) is 12.5. The second kappa shape index (κ2) is 7.49. The number of hydrogen-bond acceptors (Lipinski definition) is 1. The summed E-state index contributed by atoms with van der Waals surface area (Å²) in [7, 11) is 6.19. The van der Waals surface area contributed by atoms with Gasteiger partial charge in [-0.05, 0) is 0 Å². The number of carbonyl (C=O) groups is 1. The number of carbonyl (C=O) groups excluding carboxylic acids is 1. The molecule has 1 saturated carbocycles. The summed E-state index contributed by atoms with van der Waals surface area (Å²) in [6.07, 6.45) is 5.38. The van der Waals surface area contributed by atoms with Gasteiger partial charge in [0.2, 0.25) is 0 Å². The molecule has 0 spiro atoms. The minimum atomic E-state index is -1.25. The molecule has 2 atom stereocenters. The van der Waals surface area contributed by atoms with Crippen LogP contribution < -0.4 is 5.32 Å². The van der Waals surface area contributed by atoms with Gasteiger partial charge in [-0.2, -0.15) is 0 Å². The Morgan fingerprint density at radius 1 is 1.28 bits per heavy atom. The van der Waals surface area contributed by atoms with Crippen LogP contribution in [-0.2, 0) is 34.6 Å². The Kier molecular flexibility index (Phi) is 5.96. The van der Waals surface area contributed by atoms with E-state index in [1.54, 1.807) is 0 Å². The summed E-state index contributed by atoms with van der Waals surface area (Å²) < 4.78 is 0.667. The minimum absolute atomic E-state index is 0.150. The van der Waals surface area contributed by atoms with Crippen LogP contribution in [0.5, 0.6) is 0 Å². The monoisotopic (exact) mass is 453 g/mol. The first kappa shape index (κ1) is 14.3. The maximum absolute atomic E-state index is 12.0. The van der Waals surface area contributed by atoms with Gasteiger partial charge in [0.1, 0.15) is 0 Å². The molecule has 0 heterocycles. The van der Waals surface area contributed by atoms with Crippen LogP contribution in [0, 0.1) is 0 Å². The van der Waals surface area contributed by atoms with E-state index in [9.17, 15) is 4.79 Å². The quantitative estimate of drug-likeness (QED) is 0.699. The average Bonchev–Trinajstić information content (AvgIpc) is 2.40. The van der Waals surface area contributed by atoms with Crippen LogP contribution in [-0.4, -0.2) is 11.9 Å². The van der Waals surface area contributed by atoms with Crippen LogP contribution >= 0.6 is 8.25 Å². The Bertz CT molecular complexity index is 385. The van der Waals surface area contributed by atoms with Crippen molar-refractivity contribution in [2.75, 3.05) is 0 Å². The zero-order valence-corrected chi connectivity index (χ0v) is 16.8. The van der Waals surface area contributed by atoms with Crippen molar-refractivity contribution in [2.24, 2.45) is 0 Å². The fraction of sp³-hybridized carbons (Fsp3) is 0.500. The van der Waals surface area contributed by atoms with Gasteiger partial charge in [0.25, 0.3) is 0 Å². The Morgan fingerprint density at radius 3 is 2.72 bits per heavy atom. The Hall–Kier alpha value is -0.0849. The molecule has 0 aromatic heterocycles. The third-order valence-electron chi connectivity index (χ3n) is 3.66. The van der Waals surface area contributed by atoms with Crippen LogP contribution in [0.4, 0.5) is 0 Å². The van der Waals surface area contributed by atoms with Crippen LogP contribution in [0.3, 0.4) is 0 Å². The molecule has 1 aromatic carbocycles. The summed E-state index contributed by atoms with van der Waals surface area (Å²) >= 11 is -1.25. The van der Waals surface area contributed by atoms with Crippen LogP contribution in [0.1, 0.15) is 31.2 Å². The maximum atomic E-state index is 12.0. The molecule has 2 rings (SSSR count). The molecule has 2 nitrogen and oxygen atoms in total. The van der Waals surface area contributed by atoms with Crippen molar-refractivity contribution in [1.82, 2.24) is 5.32 Å². The van der Waals surface area contributed by atoms with Gasteiger partial charge < -0.3 is 0 Å². The molecule has 1 aromatic rings. The number of hydrogen-bond donors (Lipinski definition) is 1. The number of halogens is 1. The summed E-state index contributed by atoms with van der Waals surface area (Å²) in [6, 6.07) is 10.3. The molecule has 0 saturated heterocycles. The Morgan fingerprint density at radius 2 is 2.00 bits per heavy atom. The van der Waals surface area contributed by atoms with E-state index in [1.807, 2.05) is 30.3 Å². The summed E-state index contributed by atoms with van der Waals surface area (Å²) in [5.74, 6) is 0.150. The molecule has 18 heavy (non-hydrogen) atoms. The molecule has 1 amide bonds. The van der Waals surface area contributed by atoms with Crippen molar-refractivity contribution in [1.29, 1.82) is 0 Å². The molecule has 0 radical (unpaired) electrons. The Balaban J connectivity index is 1.86. The fourth-order valence-corrected chi connectivity index (χ4v) is 9.80. The average molecular weight is 452 g/mol. The van der Waals surface area contributed by atoms with Gasteiger partial charge in [-0.15, -0.1) is 0 Å². The van der Waals surface area contributed by atoms with E-state index in [0.717, 1.165) is 12.0 Å². The summed E-state index contributed by atoms with van der Waals surface area (Å²) in [5, 5.41) is 3.20. The predicted molar refractivity (Wildman–Crippen MR) is 70.1 cm³/mol. The zero-order chi connectivity index (χ0) is 12.8. The SMILES string of the molecule is O=C(Cc1ccccc1)NC1CCCC[CH]1[Hg][Cl]. The van der Waals surface area contributed by atoms with Crippen molar-refractivity contribution in [3.8, 4) is 0 Å². The van der Waals surface area contributed by atoms with Crippen LogP contribution in [0.15, 0.2) is 30.3 Å². The second-order valence-electron chi connectivity index (χ2n) is 5.04. The molecule has 1 aliphatic rings. The van der Waals surface area contributed by atoms with E-state index >= 15 is 0 Å². The van der Waals surface area contributed by atoms with Gasteiger partial charge in [0, 0.05) is 0 Å². The molecule has 0 aliphatic heterocycles. The van der Waals surface area contributed by atoms with Crippen LogP contribution in [0.25, 0.3) is 0 Å². The molecular weight excluding hydrogens is 434 g/mol. The number of benzene rings is 1. The van der Waals surface area contributed by atoms with Gasteiger partial charge in [-0.25, -0.2) is 0 Å². The first-order valence-corrected chi connectivity index (χ1v) is 16.6. The number of amides is 1. The van der Waals surface area contributed by atoms with E-state index in [1.165, 1.54) is 19.3 Å². The third kappa shape index (κ3) is 4.23. The summed E-state index contributed by atoms with van der Waals surface area (Å²) in [6.45, 7) is 0. The van der Waals surface area contributed by atoms with Gasteiger partial charge >= 0.3 is 125 Å². The van der Waals surface area contributed by atoms with Crippen molar-refractivity contribution in [3.05, 3.63) is 35.9 Å². The van der Waals surface area contributed by atoms with Crippen molar-refractivity contribution < 1.29 is 28.1 Å². The molecule has 1 N–H and O–H groups in total. The van der Waals surface area contributed by atoms with E-state index in [0.29, 0.717) is 15.9 Å². The van der Waals surface area contributed by atoms with Gasteiger partial charge in [-0.1, -0.05) is 0 Å².